The minimum absolute atomic E-state index is 0.0109. The summed E-state index contributed by atoms with van der Waals surface area (Å²) in [4.78, 5) is 14.2. The van der Waals surface area contributed by atoms with E-state index in [2.05, 4.69) is 15.3 Å². The molecule has 1 heterocycles. The Balaban J connectivity index is 1.58. The Morgan fingerprint density at radius 2 is 2.07 bits per heavy atom. The minimum atomic E-state index is -2.94. The quantitative estimate of drug-likeness (QED) is 0.508. The molecule has 2 aromatic carbocycles. The highest BCUT2D eigenvalue weighted by molar-refractivity contribution is 7.14. The maximum atomic E-state index is 12.7. The number of amides is 1. The van der Waals surface area contributed by atoms with Crippen LogP contribution in [0, 0.1) is 0 Å². The van der Waals surface area contributed by atoms with Gasteiger partial charge in [-0.1, -0.05) is 30.3 Å². The first-order chi connectivity index (χ1) is 13.1. The third kappa shape index (κ3) is 3.68. The van der Waals surface area contributed by atoms with Crippen molar-refractivity contribution >= 4 is 34.2 Å². The number of carbonyl (C=O) groups excluding carboxylic acids is 1. The second kappa shape index (κ2) is 7.44. The van der Waals surface area contributed by atoms with Crippen LogP contribution in [-0.2, 0) is 12.8 Å². The number of hydrogen-bond acceptors (Lipinski definition) is 4. The number of ether oxygens (including phenoxy) is 1. The highest BCUT2D eigenvalue weighted by Crippen LogP contribution is 2.31. The molecule has 4 nitrogen and oxygen atoms in total. The van der Waals surface area contributed by atoms with E-state index in [0.717, 1.165) is 24.6 Å². The molecule has 1 aromatic heterocycles. The van der Waals surface area contributed by atoms with Crippen molar-refractivity contribution in [2.24, 2.45) is 5.10 Å². The molecule has 3 aromatic rings. The fourth-order valence-electron chi connectivity index (χ4n) is 3.26. The van der Waals surface area contributed by atoms with E-state index < -0.39 is 6.61 Å². The van der Waals surface area contributed by atoms with Crippen molar-refractivity contribution in [2.45, 2.75) is 25.9 Å². The maximum absolute atomic E-state index is 12.7. The van der Waals surface area contributed by atoms with Gasteiger partial charge >= 0.3 is 6.61 Å². The summed E-state index contributed by atoms with van der Waals surface area (Å²) < 4.78 is 30.0. The van der Waals surface area contributed by atoms with E-state index >= 15 is 0 Å². The summed E-state index contributed by atoms with van der Waals surface area (Å²) in [7, 11) is 0. The number of aryl methyl sites for hydroxylation is 2. The Bertz CT molecular complexity index is 1010. The number of halogens is 2. The molecule has 0 atom stereocenters. The zero-order valence-electron chi connectivity index (χ0n) is 14.2. The number of carbonyl (C=O) groups is 1. The van der Waals surface area contributed by atoms with E-state index in [1.165, 1.54) is 34.1 Å². The summed E-state index contributed by atoms with van der Waals surface area (Å²) in [5, 5.41) is 5.55. The molecule has 7 heteroatoms. The smallest absolute Gasteiger partial charge is 0.387 e. The van der Waals surface area contributed by atoms with Gasteiger partial charge in [-0.05, 0) is 47.7 Å². The van der Waals surface area contributed by atoms with Gasteiger partial charge in [-0.25, -0.2) is 5.43 Å². The van der Waals surface area contributed by atoms with Gasteiger partial charge in [-0.15, -0.1) is 11.3 Å². The van der Waals surface area contributed by atoms with Gasteiger partial charge in [-0.2, -0.15) is 13.9 Å². The number of nitrogens with one attached hydrogen (secondary N) is 1. The summed E-state index contributed by atoms with van der Waals surface area (Å²) in [6, 6.07) is 12.4. The number of thiophene rings is 1. The van der Waals surface area contributed by atoms with Crippen LogP contribution in [0.5, 0.6) is 5.75 Å². The summed E-state index contributed by atoms with van der Waals surface area (Å²) in [6.45, 7) is -2.94. The zero-order chi connectivity index (χ0) is 18.8. The van der Waals surface area contributed by atoms with Gasteiger partial charge in [0.25, 0.3) is 5.91 Å². The minimum Gasteiger partial charge on any atom is -0.434 e. The van der Waals surface area contributed by atoms with E-state index in [1.807, 2.05) is 18.2 Å². The SMILES string of the molecule is O=C(N/N=C\c1c(OC(F)F)ccc2ccccc12)c1cc2c(s1)CCC2. The molecule has 0 unspecified atom stereocenters. The molecule has 1 aliphatic carbocycles. The molecule has 0 fully saturated rings. The second-order valence-corrected chi connectivity index (χ2v) is 7.33. The summed E-state index contributed by atoms with van der Waals surface area (Å²) >= 11 is 1.48. The molecule has 0 saturated carbocycles. The first-order valence-corrected chi connectivity index (χ1v) is 9.35. The van der Waals surface area contributed by atoms with Gasteiger partial charge in [0.15, 0.2) is 0 Å². The molecule has 27 heavy (non-hydrogen) atoms. The standard InChI is InChI=1S/C20H16F2N2O2S/c21-20(22)26-16-9-8-12-4-1-2-6-14(12)15(16)11-23-24-19(25)18-10-13-5-3-7-17(13)27-18/h1-2,4,6,8-11,20H,3,5,7H2,(H,24,25)/b23-11-. The number of benzene rings is 2. The summed E-state index contributed by atoms with van der Waals surface area (Å²) in [5.74, 6) is -0.293. The molecule has 1 aliphatic rings. The van der Waals surface area contributed by atoms with Crippen LogP contribution in [-0.4, -0.2) is 18.7 Å². The normalized spacial score (nSPS) is 13.4. The molecular formula is C20H16F2N2O2S. The van der Waals surface area contributed by atoms with Crippen molar-refractivity contribution in [3.05, 3.63) is 63.3 Å². The van der Waals surface area contributed by atoms with Gasteiger partial charge in [0.05, 0.1) is 11.1 Å². The fraction of sp³-hybridized carbons (Fsp3) is 0.200. The lowest BCUT2D eigenvalue weighted by molar-refractivity contribution is -0.0498. The molecule has 0 aliphatic heterocycles. The number of rotatable bonds is 5. The van der Waals surface area contributed by atoms with Crippen LogP contribution in [0.25, 0.3) is 10.8 Å². The van der Waals surface area contributed by atoms with E-state index in [4.69, 9.17) is 0 Å². The Morgan fingerprint density at radius 3 is 2.89 bits per heavy atom. The van der Waals surface area contributed by atoms with Crippen molar-refractivity contribution in [3.8, 4) is 5.75 Å². The van der Waals surface area contributed by atoms with Crippen LogP contribution in [0.15, 0.2) is 47.6 Å². The van der Waals surface area contributed by atoms with Crippen LogP contribution in [0.4, 0.5) is 8.78 Å². The highest BCUT2D eigenvalue weighted by atomic mass is 32.1. The van der Waals surface area contributed by atoms with Crippen LogP contribution in [0.1, 0.15) is 32.1 Å². The number of hydrazone groups is 1. The maximum Gasteiger partial charge on any atom is 0.387 e. The number of hydrogen-bond donors (Lipinski definition) is 1. The lowest BCUT2D eigenvalue weighted by Gasteiger charge is -2.10. The Labute approximate surface area is 158 Å². The van der Waals surface area contributed by atoms with Crippen molar-refractivity contribution < 1.29 is 18.3 Å². The Morgan fingerprint density at radius 1 is 1.22 bits per heavy atom. The second-order valence-electron chi connectivity index (χ2n) is 6.19. The molecule has 1 N–H and O–H groups in total. The van der Waals surface area contributed by atoms with Crippen LogP contribution in [0.3, 0.4) is 0 Å². The van der Waals surface area contributed by atoms with Crippen LogP contribution >= 0.6 is 11.3 Å². The molecular weight excluding hydrogens is 370 g/mol. The van der Waals surface area contributed by atoms with Crippen molar-refractivity contribution in [1.82, 2.24) is 5.43 Å². The summed E-state index contributed by atoms with van der Waals surface area (Å²) in [6.07, 6.45) is 4.50. The predicted octanol–water partition coefficient (Wildman–Crippen LogP) is 4.76. The van der Waals surface area contributed by atoms with E-state index in [9.17, 15) is 13.6 Å². The lowest BCUT2D eigenvalue weighted by atomic mass is 10.0. The molecule has 0 radical (unpaired) electrons. The topological polar surface area (TPSA) is 50.7 Å². The molecule has 0 saturated heterocycles. The fourth-order valence-corrected chi connectivity index (χ4v) is 4.40. The van der Waals surface area contributed by atoms with E-state index in [1.54, 1.807) is 18.2 Å². The van der Waals surface area contributed by atoms with Gasteiger partial charge in [0, 0.05) is 10.4 Å². The Hall–Kier alpha value is -2.80. The molecule has 1 amide bonds. The van der Waals surface area contributed by atoms with Gasteiger partial charge in [0.1, 0.15) is 5.75 Å². The van der Waals surface area contributed by atoms with Crippen LogP contribution < -0.4 is 10.2 Å². The Kier molecular flexibility index (Phi) is 4.85. The third-order valence-corrected chi connectivity index (χ3v) is 5.71. The third-order valence-electron chi connectivity index (χ3n) is 4.48. The van der Waals surface area contributed by atoms with Crippen molar-refractivity contribution in [2.75, 3.05) is 0 Å². The van der Waals surface area contributed by atoms with Crippen molar-refractivity contribution in [3.63, 3.8) is 0 Å². The van der Waals surface area contributed by atoms with Crippen molar-refractivity contribution in [1.29, 1.82) is 0 Å². The van der Waals surface area contributed by atoms with Crippen LogP contribution in [0.2, 0.25) is 0 Å². The van der Waals surface area contributed by atoms with E-state index in [0.29, 0.717) is 15.8 Å². The first-order valence-electron chi connectivity index (χ1n) is 8.53. The van der Waals surface area contributed by atoms with E-state index in [-0.39, 0.29) is 11.7 Å². The molecule has 0 bridgehead atoms. The highest BCUT2D eigenvalue weighted by Gasteiger charge is 2.18. The average Bonchev–Trinajstić information content (AvgIpc) is 3.24. The van der Waals surface area contributed by atoms with Gasteiger partial charge in [0.2, 0.25) is 0 Å². The average molecular weight is 386 g/mol. The monoisotopic (exact) mass is 386 g/mol. The van der Waals surface area contributed by atoms with Gasteiger partial charge < -0.3 is 4.74 Å². The molecule has 0 spiro atoms. The number of nitrogens with zero attached hydrogens (tertiary/aromatic N) is 1. The summed E-state index contributed by atoms with van der Waals surface area (Å²) in [5.41, 5.74) is 4.10. The lowest BCUT2D eigenvalue weighted by Crippen LogP contribution is -2.16. The zero-order valence-corrected chi connectivity index (χ0v) is 15.1. The molecule has 4 rings (SSSR count). The predicted molar refractivity (Wildman–Crippen MR) is 102 cm³/mol. The first kappa shape index (κ1) is 17.6. The number of fused-ring (bicyclic) bond motifs is 2. The number of alkyl halides is 2. The molecule has 138 valence electrons. The van der Waals surface area contributed by atoms with Gasteiger partial charge in [-0.3, -0.25) is 4.79 Å². The largest absolute Gasteiger partial charge is 0.434 e.